The molecule has 118 valence electrons. The van der Waals surface area contributed by atoms with Gasteiger partial charge in [-0.15, -0.1) is 0 Å². The molecule has 1 rings (SSSR count). The molecule has 1 aromatic carbocycles. The van der Waals surface area contributed by atoms with Gasteiger partial charge in [0, 0.05) is 13.0 Å². The van der Waals surface area contributed by atoms with Crippen LogP contribution in [0.3, 0.4) is 0 Å². The molecule has 0 radical (unpaired) electrons. The summed E-state index contributed by atoms with van der Waals surface area (Å²) < 4.78 is 23.2. The van der Waals surface area contributed by atoms with Crippen LogP contribution in [-0.2, 0) is 9.53 Å². The van der Waals surface area contributed by atoms with Crippen molar-refractivity contribution in [3.05, 3.63) is 30.1 Å². The van der Waals surface area contributed by atoms with E-state index in [1.54, 1.807) is 19.1 Å². The number of carbonyl (C=O) groups excluding carboxylic acids is 1. The van der Waals surface area contributed by atoms with E-state index >= 15 is 0 Å². The molecule has 0 aromatic heterocycles. The highest BCUT2D eigenvalue weighted by molar-refractivity contribution is 5.69. The van der Waals surface area contributed by atoms with Gasteiger partial charge < -0.3 is 19.9 Å². The van der Waals surface area contributed by atoms with Gasteiger partial charge in [0.25, 0.3) is 0 Å². The molecule has 0 fully saturated rings. The van der Waals surface area contributed by atoms with Crippen LogP contribution in [0, 0.1) is 5.82 Å². The molecule has 0 bridgehead atoms. The van der Waals surface area contributed by atoms with Crippen molar-refractivity contribution in [1.82, 2.24) is 5.32 Å². The summed E-state index contributed by atoms with van der Waals surface area (Å²) in [6.07, 6.45) is 0.245. The molecule has 2 N–H and O–H groups in total. The number of nitrogens with one attached hydrogen (secondary N) is 1. The molecular formula is C15H22FNO4. The first-order valence-electron chi connectivity index (χ1n) is 7.05. The van der Waals surface area contributed by atoms with Crippen molar-refractivity contribution in [3.8, 4) is 5.75 Å². The Hall–Kier alpha value is -1.66. The van der Waals surface area contributed by atoms with Gasteiger partial charge in [-0.1, -0.05) is 12.1 Å². The van der Waals surface area contributed by atoms with Gasteiger partial charge >= 0.3 is 5.97 Å². The molecule has 0 spiro atoms. The number of carbonyl (C=O) groups is 1. The normalized spacial score (nSPS) is 12.0. The van der Waals surface area contributed by atoms with E-state index in [0.29, 0.717) is 32.5 Å². The molecule has 6 heteroatoms. The summed E-state index contributed by atoms with van der Waals surface area (Å²) in [5, 5.41) is 12.7. The number of rotatable bonds is 10. The maximum absolute atomic E-state index is 13.3. The molecule has 0 aliphatic rings. The number of hydrogen-bond acceptors (Lipinski definition) is 5. The molecule has 0 heterocycles. The van der Waals surface area contributed by atoms with E-state index in [0.717, 1.165) is 0 Å². The third-order valence-corrected chi connectivity index (χ3v) is 2.69. The smallest absolute Gasteiger partial charge is 0.305 e. The Kier molecular flexibility index (Phi) is 8.38. The van der Waals surface area contributed by atoms with Crippen molar-refractivity contribution in [2.24, 2.45) is 0 Å². The van der Waals surface area contributed by atoms with Crippen LogP contribution >= 0.6 is 0 Å². The van der Waals surface area contributed by atoms with Crippen LogP contribution < -0.4 is 10.1 Å². The van der Waals surface area contributed by atoms with E-state index in [1.807, 2.05) is 0 Å². The van der Waals surface area contributed by atoms with Gasteiger partial charge in [0.1, 0.15) is 12.7 Å². The highest BCUT2D eigenvalue weighted by atomic mass is 19.1. The highest BCUT2D eigenvalue weighted by Gasteiger charge is 2.07. The zero-order valence-corrected chi connectivity index (χ0v) is 12.2. The Morgan fingerprint density at radius 3 is 2.90 bits per heavy atom. The Morgan fingerprint density at radius 2 is 2.19 bits per heavy atom. The molecule has 1 atom stereocenters. The van der Waals surface area contributed by atoms with Crippen LogP contribution in [-0.4, -0.2) is 43.5 Å². The molecule has 0 saturated carbocycles. The lowest BCUT2D eigenvalue weighted by molar-refractivity contribution is -0.143. The zero-order valence-electron chi connectivity index (χ0n) is 12.2. The van der Waals surface area contributed by atoms with E-state index in [4.69, 9.17) is 9.47 Å². The lowest BCUT2D eigenvalue weighted by Gasteiger charge is -2.13. The standard InChI is InChI=1S/C15H22FNO4/c1-2-20-15(19)8-5-9-17-10-12(18)11-21-14-7-4-3-6-13(14)16/h3-4,6-7,12,17-18H,2,5,8-11H2,1H3. The van der Waals surface area contributed by atoms with Crippen molar-refractivity contribution in [1.29, 1.82) is 0 Å². The minimum absolute atomic E-state index is 0.00576. The van der Waals surface area contributed by atoms with Gasteiger partial charge in [0.05, 0.1) is 6.61 Å². The van der Waals surface area contributed by atoms with Crippen LogP contribution in [0.15, 0.2) is 24.3 Å². The van der Waals surface area contributed by atoms with Gasteiger partial charge in [-0.25, -0.2) is 4.39 Å². The number of esters is 1. The van der Waals surface area contributed by atoms with Crippen LogP contribution in [0.4, 0.5) is 4.39 Å². The summed E-state index contributed by atoms with van der Waals surface area (Å²) in [5.41, 5.74) is 0. The van der Waals surface area contributed by atoms with Gasteiger partial charge in [0.15, 0.2) is 11.6 Å². The van der Waals surface area contributed by atoms with Crippen molar-refractivity contribution in [2.45, 2.75) is 25.9 Å². The molecule has 1 unspecified atom stereocenters. The third kappa shape index (κ3) is 7.63. The summed E-state index contributed by atoms with van der Waals surface area (Å²) in [6, 6.07) is 6.05. The fourth-order valence-electron chi connectivity index (χ4n) is 1.67. The molecule has 0 aliphatic carbocycles. The largest absolute Gasteiger partial charge is 0.488 e. The topological polar surface area (TPSA) is 67.8 Å². The third-order valence-electron chi connectivity index (χ3n) is 2.69. The molecule has 0 amide bonds. The quantitative estimate of drug-likeness (QED) is 0.506. The van der Waals surface area contributed by atoms with Crippen LogP contribution in [0.5, 0.6) is 5.75 Å². The van der Waals surface area contributed by atoms with Crippen molar-refractivity contribution in [3.63, 3.8) is 0 Å². The molecular weight excluding hydrogens is 277 g/mol. The van der Waals surface area contributed by atoms with Gasteiger partial charge in [-0.2, -0.15) is 0 Å². The Bertz CT molecular complexity index is 428. The average Bonchev–Trinajstić information content (AvgIpc) is 2.46. The lowest BCUT2D eigenvalue weighted by Crippen LogP contribution is -2.32. The van der Waals surface area contributed by atoms with Gasteiger partial charge in [-0.05, 0) is 32.0 Å². The van der Waals surface area contributed by atoms with E-state index < -0.39 is 11.9 Å². The predicted molar refractivity (Wildman–Crippen MR) is 76.6 cm³/mol. The van der Waals surface area contributed by atoms with Crippen molar-refractivity contribution >= 4 is 5.97 Å². The van der Waals surface area contributed by atoms with E-state index in [9.17, 15) is 14.3 Å². The summed E-state index contributed by atoms with van der Waals surface area (Å²) in [6.45, 7) is 3.07. The number of hydrogen-bond donors (Lipinski definition) is 2. The number of aliphatic hydroxyl groups excluding tert-OH is 1. The molecule has 5 nitrogen and oxygen atoms in total. The summed E-state index contributed by atoms with van der Waals surface area (Å²) in [7, 11) is 0. The maximum Gasteiger partial charge on any atom is 0.305 e. The highest BCUT2D eigenvalue weighted by Crippen LogP contribution is 2.15. The zero-order chi connectivity index (χ0) is 15.5. The molecule has 1 aromatic rings. The summed E-state index contributed by atoms with van der Waals surface area (Å²) >= 11 is 0. The van der Waals surface area contributed by atoms with Crippen molar-refractivity contribution in [2.75, 3.05) is 26.3 Å². The fraction of sp³-hybridized carbons (Fsp3) is 0.533. The van der Waals surface area contributed by atoms with Crippen LogP contribution in [0.25, 0.3) is 0 Å². The fourth-order valence-corrected chi connectivity index (χ4v) is 1.67. The summed E-state index contributed by atoms with van der Waals surface area (Å²) in [4.78, 5) is 11.1. The average molecular weight is 299 g/mol. The van der Waals surface area contributed by atoms with Crippen LogP contribution in [0.1, 0.15) is 19.8 Å². The lowest BCUT2D eigenvalue weighted by atomic mass is 10.3. The number of para-hydroxylation sites is 1. The van der Waals surface area contributed by atoms with Gasteiger partial charge in [-0.3, -0.25) is 4.79 Å². The Balaban J connectivity index is 2.08. The summed E-state index contributed by atoms with van der Waals surface area (Å²) in [5.74, 6) is -0.548. The minimum Gasteiger partial charge on any atom is -0.488 e. The number of benzene rings is 1. The number of ether oxygens (including phenoxy) is 2. The second kappa shape index (κ2) is 10.1. The van der Waals surface area contributed by atoms with E-state index in [1.165, 1.54) is 12.1 Å². The number of aliphatic hydroxyl groups is 1. The first kappa shape index (κ1) is 17.4. The monoisotopic (exact) mass is 299 g/mol. The van der Waals surface area contributed by atoms with Crippen molar-refractivity contribution < 1.29 is 23.8 Å². The first-order chi connectivity index (χ1) is 10.1. The maximum atomic E-state index is 13.3. The Labute approximate surface area is 124 Å². The predicted octanol–water partition coefficient (Wildman–Crippen LogP) is 1.50. The second-order valence-electron chi connectivity index (χ2n) is 4.51. The van der Waals surface area contributed by atoms with E-state index in [-0.39, 0.29) is 18.3 Å². The number of halogens is 1. The molecule has 0 aliphatic heterocycles. The van der Waals surface area contributed by atoms with Gasteiger partial charge in [0.2, 0.25) is 0 Å². The Morgan fingerprint density at radius 1 is 1.43 bits per heavy atom. The second-order valence-corrected chi connectivity index (χ2v) is 4.51. The molecule has 21 heavy (non-hydrogen) atoms. The van der Waals surface area contributed by atoms with Crippen LogP contribution in [0.2, 0.25) is 0 Å². The minimum atomic E-state index is -0.743. The first-order valence-corrected chi connectivity index (χ1v) is 7.05. The SMILES string of the molecule is CCOC(=O)CCCNCC(O)COc1ccccc1F. The van der Waals surface area contributed by atoms with E-state index in [2.05, 4.69) is 5.32 Å². The molecule has 0 saturated heterocycles.